The molecule has 0 fully saturated rings. The molecular weight excluding hydrogens is 439 g/mol. The molecule has 0 saturated heterocycles. The molecule has 0 N–H and O–H groups in total. The van der Waals surface area contributed by atoms with E-state index in [-0.39, 0.29) is 5.82 Å². The number of aryl methyl sites for hydroxylation is 2. The first-order chi connectivity index (χ1) is 17.1. The van der Waals surface area contributed by atoms with Gasteiger partial charge in [0.15, 0.2) is 0 Å². The van der Waals surface area contributed by atoms with E-state index in [0.29, 0.717) is 30.8 Å². The molecule has 0 atom stereocenters. The van der Waals surface area contributed by atoms with Crippen molar-refractivity contribution in [2.75, 3.05) is 29.9 Å². The summed E-state index contributed by atoms with van der Waals surface area (Å²) in [6, 6.07) is 21.0. The van der Waals surface area contributed by atoms with Crippen molar-refractivity contribution in [3.63, 3.8) is 0 Å². The van der Waals surface area contributed by atoms with Crippen molar-refractivity contribution in [1.82, 2.24) is 0 Å². The van der Waals surface area contributed by atoms with Gasteiger partial charge in [-0.2, -0.15) is 0 Å². The average Bonchev–Trinajstić information content (AvgIpc) is 3.27. The number of hydrogen-bond acceptors (Lipinski definition) is 3. The Morgan fingerprint density at radius 2 is 1.74 bits per heavy atom. The van der Waals surface area contributed by atoms with Crippen LogP contribution in [0.2, 0.25) is 0 Å². The van der Waals surface area contributed by atoms with Gasteiger partial charge in [-0.05, 0) is 73.1 Å². The Hall–Kier alpha value is -3.34. The zero-order valence-electron chi connectivity index (χ0n) is 20.8. The van der Waals surface area contributed by atoms with E-state index < -0.39 is 6.09 Å². The number of benzene rings is 3. The molecule has 0 unspecified atom stereocenters. The SMILES string of the molecule is CCCc1ccccc1N(C)CCCCCc1cc2c(cc1F)N(C(=O)Oc1ccccc1)CC2. The number of amides is 1. The third-order valence-corrected chi connectivity index (χ3v) is 6.67. The molecule has 0 bridgehead atoms. The molecule has 1 aliphatic rings. The second-order valence-electron chi connectivity index (χ2n) is 9.27. The number of hydrogen-bond donors (Lipinski definition) is 0. The maximum atomic E-state index is 14.9. The van der Waals surface area contributed by atoms with E-state index in [1.807, 2.05) is 24.3 Å². The fourth-order valence-electron chi connectivity index (χ4n) is 4.81. The molecule has 4 rings (SSSR count). The van der Waals surface area contributed by atoms with Gasteiger partial charge in [0.05, 0.1) is 5.69 Å². The third-order valence-electron chi connectivity index (χ3n) is 6.67. The lowest BCUT2D eigenvalue weighted by atomic mass is 10.0. The lowest BCUT2D eigenvalue weighted by Crippen LogP contribution is -2.31. The molecule has 3 aromatic carbocycles. The number of nitrogens with zero attached hydrogens (tertiary/aromatic N) is 2. The number of anilines is 2. The van der Waals surface area contributed by atoms with E-state index >= 15 is 0 Å². The summed E-state index contributed by atoms with van der Waals surface area (Å²) in [4.78, 5) is 16.5. The van der Waals surface area contributed by atoms with Crippen LogP contribution in [0.1, 0.15) is 49.3 Å². The van der Waals surface area contributed by atoms with Crippen molar-refractivity contribution >= 4 is 17.5 Å². The van der Waals surface area contributed by atoms with Crippen molar-refractivity contribution in [2.24, 2.45) is 0 Å². The fourth-order valence-corrected chi connectivity index (χ4v) is 4.81. The summed E-state index contributed by atoms with van der Waals surface area (Å²) in [7, 11) is 2.16. The molecule has 1 heterocycles. The second kappa shape index (κ2) is 11.9. The molecule has 0 spiro atoms. The molecule has 4 nitrogen and oxygen atoms in total. The van der Waals surface area contributed by atoms with Crippen LogP contribution in [0.15, 0.2) is 66.7 Å². The average molecular weight is 475 g/mol. The van der Waals surface area contributed by atoms with Gasteiger partial charge in [-0.15, -0.1) is 0 Å². The van der Waals surface area contributed by atoms with Gasteiger partial charge in [0.2, 0.25) is 0 Å². The molecule has 184 valence electrons. The molecule has 0 aromatic heterocycles. The third kappa shape index (κ3) is 6.21. The number of rotatable bonds is 10. The normalized spacial score (nSPS) is 12.5. The van der Waals surface area contributed by atoms with Crippen LogP contribution in [-0.4, -0.2) is 26.2 Å². The topological polar surface area (TPSA) is 32.8 Å². The monoisotopic (exact) mass is 474 g/mol. The molecule has 5 heteroatoms. The highest BCUT2D eigenvalue weighted by molar-refractivity contribution is 5.91. The van der Waals surface area contributed by atoms with Crippen LogP contribution in [0.4, 0.5) is 20.6 Å². The van der Waals surface area contributed by atoms with Gasteiger partial charge in [-0.3, -0.25) is 4.90 Å². The second-order valence-corrected chi connectivity index (χ2v) is 9.27. The summed E-state index contributed by atoms with van der Waals surface area (Å²) in [6.45, 7) is 3.71. The maximum absolute atomic E-state index is 14.9. The Morgan fingerprint density at radius 1 is 0.971 bits per heavy atom. The molecule has 0 radical (unpaired) electrons. The Morgan fingerprint density at radius 3 is 2.54 bits per heavy atom. The molecule has 1 amide bonds. The van der Waals surface area contributed by atoms with Crippen molar-refractivity contribution in [1.29, 1.82) is 0 Å². The first-order valence-electron chi connectivity index (χ1n) is 12.7. The fraction of sp³-hybridized carbons (Fsp3) is 0.367. The highest BCUT2D eigenvalue weighted by Gasteiger charge is 2.27. The number of ether oxygens (including phenoxy) is 1. The minimum atomic E-state index is -0.466. The summed E-state index contributed by atoms with van der Waals surface area (Å²) in [5, 5.41) is 0. The van der Waals surface area contributed by atoms with Gasteiger partial charge < -0.3 is 9.64 Å². The number of unbranched alkanes of at least 4 members (excludes halogenated alkanes) is 2. The molecule has 3 aromatic rings. The molecule has 0 aliphatic carbocycles. The van der Waals surface area contributed by atoms with Gasteiger partial charge in [0, 0.05) is 25.8 Å². The van der Waals surface area contributed by atoms with E-state index in [0.717, 1.165) is 49.8 Å². The van der Waals surface area contributed by atoms with Crippen LogP contribution in [-0.2, 0) is 19.3 Å². The standard InChI is InChI=1S/C30H35FN2O2/c1-3-12-23-13-9-10-17-28(23)32(2)19-11-5-6-14-24-21-25-18-20-33(29(25)22-27(24)31)30(34)35-26-15-7-4-8-16-26/h4,7-10,13,15-17,21-22H,3,5-6,11-12,14,18-20H2,1-2H3. The van der Waals surface area contributed by atoms with Crippen LogP contribution in [0.5, 0.6) is 5.75 Å². The summed E-state index contributed by atoms with van der Waals surface area (Å²) in [5.41, 5.74) is 5.09. The molecule has 35 heavy (non-hydrogen) atoms. The van der Waals surface area contributed by atoms with Crippen LogP contribution >= 0.6 is 0 Å². The minimum absolute atomic E-state index is 0.242. The smallest absolute Gasteiger partial charge is 0.410 e. The summed E-state index contributed by atoms with van der Waals surface area (Å²) >= 11 is 0. The number of carbonyl (C=O) groups excluding carboxylic acids is 1. The van der Waals surface area contributed by atoms with Crippen LogP contribution in [0.3, 0.4) is 0 Å². The maximum Gasteiger partial charge on any atom is 0.419 e. The van der Waals surface area contributed by atoms with Crippen molar-refractivity contribution in [2.45, 2.75) is 51.9 Å². The van der Waals surface area contributed by atoms with Gasteiger partial charge in [0.1, 0.15) is 11.6 Å². The lowest BCUT2D eigenvalue weighted by molar-refractivity contribution is 0.208. The first kappa shape index (κ1) is 24.8. The summed E-state index contributed by atoms with van der Waals surface area (Å²) in [5.74, 6) is 0.247. The molecular formula is C30H35FN2O2. The van der Waals surface area contributed by atoms with Crippen molar-refractivity contribution in [3.05, 3.63) is 89.2 Å². The first-order valence-corrected chi connectivity index (χ1v) is 12.7. The van der Waals surface area contributed by atoms with Crippen LogP contribution < -0.4 is 14.5 Å². The van der Waals surface area contributed by atoms with Crippen molar-refractivity contribution in [3.8, 4) is 5.75 Å². The quantitative estimate of drug-likeness (QED) is 0.292. The number of para-hydroxylation sites is 2. The Balaban J connectivity index is 1.28. The zero-order chi connectivity index (χ0) is 24.6. The zero-order valence-corrected chi connectivity index (χ0v) is 20.8. The number of carbonyl (C=O) groups is 1. The van der Waals surface area contributed by atoms with E-state index in [2.05, 4.69) is 43.1 Å². The molecule has 0 saturated carbocycles. The highest BCUT2D eigenvalue weighted by Crippen LogP contribution is 2.32. The Kier molecular flexibility index (Phi) is 8.40. The van der Waals surface area contributed by atoms with Gasteiger partial charge in [0.25, 0.3) is 0 Å². The van der Waals surface area contributed by atoms with E-state index in [9.17, 15) is 9.18 Å². The van der Waals surface area contributed by atoms with Gasteiger partial charge in [-0.25, -0.2) is 9.18 Å². The predicted molar refractivity (Wildman–Crippen MR) is 141 cm³/mol. The number of halogens is 1. The highest BCUT2D eigenvalue weighted by atomic mass is 19.1. The van der Waals surface area contributed by atoms with E-state index in [4.69, 9.17) is 4.74 Å². The Bertz CT molecular complexity index is 1130. The van der Waals surface area contributed by atoms with Crippen molar-refractivity contribution < 1.29 is 13.9 Å². The van der Waals surface area contributed by atoms with Gasteiger partial charge >= 0.3 is 6.09 Å². The number of fused-ring (bicyclic) bond motifs is 1. The summed E-state index contributed by atoms with van der Waals surface area (Å²) in [6.07, 6.45) is 6.27. The van der Waals surface area contributed by atoms with E-state index in [1.165, 1.54) is 22.2 Å². The van der Waals surface area contributed by atoms with E-state index in [1.54, 1.807) is 12.1 Å². The predicted octanol–water partition coefficient (Wildman–Crippen LogP) is 7.19. The van der Waals surface area contributed by atoms with Crippen LogP contribution in [0, 0.1) is 5.82 Å². The Labute approximate surface area is 208 Å². The molecule has 1 aliphatic heterocycles. The van der Waals surface area contributed by atoms with Gasteiger partial charge in [-0.1, -0.05) is 62.2 Å². The largest absolute Gasteiger partial charge is 0.419 e. The minimum Gasteiger partial charge on any atom is -0.410 e. The lowest BCUT2D eigenvalue weighted by Gasteiger charge is -2.22. The van der Waals surface area contributed by atoms with Crippen LogP contribution in [0.25, 0.3) is 0 Å². The summed E-state index contributed by atoms with van der Waals surface area (Å²) < 4.78 is 20.3.